The number of hydrogen-bond donors (Lipinski definition) is 2. The SMILES string of the molecule is Cc1cc(OCc2ccc(/C(N)=N/O)cc2C)ccc1Br. The molecule has 2 rings (SSSR count). The topological polar surface area (TPSA) is 67.8 Å². The van der Waals surface area contributed by atoms with Crippen LogP contribution in [0.5, 0.6) is 5.75 Å². The minimum Gasteiger partial charge on any atom is -0.489 e. The van der Waals surface area contributed by atoms with E-state index in [1.54, 1.807) is 0 Å². The smallest absolute Gasteiger partial charge is 0.170 e. The molecule has 0 amide bonds. The molecule has 0 aliphatic carbocycles. The summed E-state index contributed by atoms with van der Waals surface area (Å²) in [7, 11) is 0. The van der Waals surface area contributed by atoms with Gasteiger partial charge in [0.15, 0.2) is 5.84 Å². The van der Waals surface area contributed by atoms with Crippen LogP contribution in [0.1, 0.15) is 22.3 Å². The Morgan fingerprint density at radius 2 is 1.95 bits per heavy atom. The molecule has 0 aliphatic heterocycles. The number of halogens is 1. The molecule has 3 N–H and O–H groups in total. The van der Waals surface area contributed by atoms with E-state index >= 15 is 0 Å². The number of nitrogens with zero attached hydrogens (tertiary/aromatic N) is 1. The summed E-state index contributed by atoms with van der Waals surface area (Å²) >= 11 is 3.47. The predicted octanol–water partition coefficient (Wildman–Crippen LogP) is 3.74. The summed E-state index contributed by atoms with van der Waals surface area (Å²) in [5.41, 5.74) is 9.49. The van der Waals surface area contributed by atoms with Crippen LogP contribution in [0.4, 0.5) is 0 Å². The maximum absolute atomic E-state index is 8.68. The highest BCUT2D eigenvalue weighted by Crippen LogP contribution is 2.23. The molecule has 0 spiro atoms. The summed E-state index contributed by atoms with van der Waals surface area (Å²) in [5, 5.41) is 11.7. The van der Waals surface area contributed by atoms with E-state index in [0.29, 0.717) is 12.2 Å². The van der Waals surface area contributed by atoms with Crippen molar-refractivity contribution in [2.45, 2.75) is 20.5 Å². The first-order chi connectivity index (χ1) is 10.0. The molecule has 0 heterocycles. The molecule has 0 atom stereocenters. The molecule has 0 fully saturated rings. The molecule has 0 saturated carbocycles. The van der Waals surface area contributed by atoms with Crippen LogP contribution in [0.2, 0.25) is 0 Å². The predicted molar refractivity (Wildman–Crippen MR) is 86.9 cm³/mol. The Labute approximate surface area is 132 Å². The summed E-state index contributed by atoms with van der Waals surface area (Å²) in [5.74, 6) is 0.935. The van der Waals surface area contributed by atoms with Gasteiger partial charge in [-0.15, -0.1) is 0 Å². The maximum Gasteiger partial charge on any atom is 0.170 e. The summed E-state index contributed by atoms with van der Waals surface area (Å²) in [6.07, 6.45) is 0. The van der Waals surface area contributed by atoms with Crippen LogP contribution in [0, 0.1) is 13.8 Å². The van der Waals surface area contributed by atoms with Gasteiger partial charge in [0.25, 0.3) is 0 Å². The third-order valence-corrected chi connectivity index (χ3v) is 4.16. The van der Waals surface area contributed by atoms with Crippen LogP contribution >= 0.6 is 15.9 Å². The van der Waals surface area contributed by atoms with Crippen LogP contribution in [0.15, 0.2) is 46.0 Å². The fraction of sp³-hybridized carbons (Fsp3) is 0.188. The Balaban J connectivity index is 2.11. The van der Waals surface area contributed by atoms with Gasteiger partial charge < -0.3 is 15.7 Å². The van der Waals surface area contributed by atoms with Crippen LogP contribution in [-0.4, -0.2) is 11.0 Å². The fourth-order valence-electron chi connectivity index (χ4n) is 1.94. The molecular weight excluding hydrogens is 332 g/mol. The fourth-order valence-corrected chi connectivity index (χ4v) is 2.19. The Kier molecular flexibility index (Phi) is 4.85. The third-order valence-electron chi connectivity index (χ3n) is 3.27. The summed E-state index contributed by atoms with van der Waals surface area (Å²) in [6, 6.07) is 11.5. The second-order valence-corrected chi connectivity index (χ2v) is 5.68. The molecule has 0 bridgehead atoms. The number of hydrogen-bond acceptors (Lipinski definition) is 3. The zero-order valence-corrected chi connectivity index (χ0v) is 13.5. The highest BCUT2D eigenvalue weighted by atomic mass is 79.9. The molecule has 0 aliphatic rings. The third kappa shape index (κ3) is 3.76. The van der Waals surface area contributed by atoms with E-state index in [1.165, 1.54) is 0 Å². The van der Waals surface area contributed by atoms with Crippen LogP contribution in [0.3, 0.4) is 0 Å². The van der Waals surface area contributed by atoms with Gasteiger partial charge >= 0.3 is 0 Å². The minimum atomic E-state index is 0.106. The molecule has 110 valence electrons. The Hall–Kier alpha value is -2.01. The molecule has 0 unspecified atom stereocenters. The van der Waals surface area contributed by atoms with E-state index < -0.39 is 0 Å². The zero-order valence-electron chi connectivity index (χ0n) is 11.9. The highest BCUT2D eigenvalue weighted by molar-refractivity contribution is 9.10. The van der Waals surface area contributed by atoms with Crippen molar-refractivity contribution in [3.63, 3.8) is 0 Å². The Morgan fingerprint density at radius 1 is 1.19 bits per heavy atom. The maximum atomic E-state index is 8.68. The normalized spacial score (nSPS) is 11.5. The first kappa shape index (κ1) is 15.4. The lowest BCUT2D eigenvalue weighted by atomic mass is 10.1. The van der Waals surface area contributed by atoms with Gasteiger partial charge in [0.2, 0.25) is 0 Å². The summed E-state index contributed by atoms with van der Waals surface area (Å²) < 4.78 is 6.87. The molecule has 0 radical (unpaired) electrons. The molecular formula is C16H17BrN2O2. The van der Waals surface area contributed by atoms with Gasteiger partial charge in [-0.25, -0.2) is 0 Å². The van der Waals surface area contributed by atoms with Crippen molar-refractivity contribution >= 4 is 21.8 Å². The van der Waals surface area contributed by atoms with Crippen molar-refractivity contribution in [2.75, 3.05) is 0 Å². The number of amidine groups is 1. The van der Waals surface area contributed by atoms with Crippen molar-refractivity contribution in [3.8, 4) is 5.75 Å². The summed E-state index contributed by atoms with van der Waals surface area (Å²) in [6.45, 7) is 4.47. The van der Waals surface area contributed by atoms with Crippen LogP contribution in [-0.2, 0) is 6.61 Å². The van der Waals surface area contributed by atoms with Gasteiger partial charge in [0, 0.05) is 10.0 Å². The lowest BCUT2D eigenvalue weighted by molar-refractivity contribution is 0.305. The van der Waals surface area contributed by atoms with E-state index in [0.717, 1.165) is 26.9 Å². The highest BCUT2D eigenvalue weighted by Gasteiger charge is 2.05. The Morgan fingerprint density at radius 3 is 2.57 bits per heavy atom. The van der Waals surface area contributed by atoms with Gasteiger partial charge in [-0.1, -0.05) is 33.2 Å². The van der Waals surface area contributed by atoms with E-state index in [9.17, 15) is 0 Å². The van der Waals surface area contributed by atoms with Gasteiger partial charge in [-0.2, -0.15) is 0 Å². The number of benzene rings is 2. The van der Waals surface area contributed by atoms with Crippen LogP contribution in [0.25, 0.3) is 0 Å². The van der Waals surface area contributed by atoms with Crippen molar-refractivity contribution in [2.24, 2.45) is 10.9 Å². The average Bonchev–Trinajstić information content (AvgIpc) is 2.48. The zero-order chi connectivity index (χ0) is 15.4. The van der Waals surface area contributed by atoms with Crippen molar-refractivity contribution in [1.29, 1.82) is 0 Å². The number of ether oxygens (including phenoxy) is 1. The van der Waals surface area contributed by atoms with Gasteiger partial charge in [-0.05, 0) is 54.8 Å². The first-order valence-electron chi connectivity index (χ1n) is 6.47. The molecule has 2 aromatic carbocycles. The van der Waals surface area contributed by atoms with E-state index in [2.05, 4.69) is 21.1 Å². The molecule has 2 aromatic rings. The minimum absolute atomic E-state index is 0.106. The second-order valence-electron chi connectivity index (χ2n) is 4.83. The first-order valence-corrected chi connectivity index (χ1v) is 7.27. The second kappa shape index (κ2) is 6.63. The van der Waals surface area contributed by atoms with Gasteiger partial charge in [0.1, 0.15) is 12.4 Å². The van der Waals surface area contributed by atoms with Gasteiger partial charge in [0.05, 0.1) is 0 Å². The lowest BCUT2D eigenvalue weighted by Crippen LogP contribution is -2.13. The van der Waals surface area contributed by atoms with E-state index in [-0.39, 0.29) is 5.84 Å². The van der Waals surface area contributed by atoms with E-state index in [1.807, 2.05) is 50.2 Å². The van der Waals surface area contributed by atoms with Gasteiger partial charge in [-0.3, -0.25) is 0 Å². The summed E-state index contributed by atoms with van der Waals surface area (Å²) in [4.78, 5) is 0. The number of aryl methyl sites for hydroxylation is 2. The molecule has 0 aromatic heterocycles. The number of nitrogens with two attached hydrogens (primary N) is 1. The van der Waals surface area contributed by atoms with Crippen LogP contribution < -0.4 is 10.5 Å². The number of rotatable bonds is 4. The number of oxime groups is 1. The monoisotopic (exact) mass is 348 g/mol. The van der Waals surface area contributed by atoms with Crippen molar-refractivity contribution in [1.82, 2.24) is 0 Å². The van der Waals surface area contributed by atoms with Crippen molar-refractivity contribution < 1.29 is 9.94 Å². The average molecular weight is 349 g/mol. The largest absolute Gasteiger partial charge is 0.489 e. The molecule has 5 heteroatoms. The lowest BCUT2D eigenvalue weighted by Gasteiger charge is -2.11. The standard InChI is InChI=1S/C16H17BrN2O2/c1-10-7-12(16(18)19-20)3-4-13(10)9-21-14-5-6-15(17)11(2)8-14/h3-8,20H,9H2,1-2H3,(H2,18,19). The van der Waals surface area contributed by atoms with E-state index in [4.69, 9.17) is 15.7 Å². The Bertz CT molecular complexity index is 684. The quantitative estimate of drug-likeness (QED) is 0.382. The molecule has 0 saturated heterocycles. The molecule has 4 nitrogen and oxygen atoms in total. The molecule has 21 heavy (non-hydrogen) atoms. The van der Waals surface area contributed by atoms with Crippen molar-refractivity contribution in [3.05, 3.63) is 63.1 Å².